The van der Waals surface area contributed by atoms with Crippen LogP contribution in [0.15, 0.2) is 30.3 Å². The number of rotatable bonds is 13. The number of benzene rings is 1. The normalized spacial score (nSPS) is 10.8. The molecule has 20 heavy (non-hydrogen) atoms. The van der Waals surface area contributed by atoms with E-state index in [-0.39, 0.29) is 0 Å². The second-order valence-electron chi connectivity index (χ2n) is 5.76. The summed E-state index contributed by atoms with van der Waals surface area (Å²) in [5.74, 6) is 0. The van der Waals surface area contributed by atoms with Gasteiger partial charge in [-0.1, -0.05) is 81.7 Å². The maximum Gasteiger partial charge on any atom is 0.0462 e. The second-order valence-corrected chi connectivity index (χ2v) is 5.76. The highest BCUT2D eigenvalue weighted by Crippen LogP contribution is 2.12. The lowest BCUT2D eigenvalue weighted by molar-refractivity contribution is 0.192. The molecule has 0 bridgehead atoms. The van der Waals surface area contributed by atoms with Gasteiger partial charge < -0.3 is 4.74 Å². The Balaban J connectivity index is 1.77. The number of aryl methyl sites for hydroxylation is 1. The molecule has 0 saturated heterocycles. The number of ether oxygens (including phenoxy) is 1. The molecule has 0 aliphatic carbocycles. The molecule has 0 spiro atoms. The first kappa shape index (κ1) is 17.2. The average Bonchev–Trinajstić information content (AvgIpc) is 2.49. The van der Waals surface area contributed by atoms with Gasteiger partial charge in [-0.2, -0.15) is 0 Å². The van der Waals surface area contributed by atoms with Crippen molar-refractivity contribution in [2.45, 2.75) is 70.6 Å². The molecule has 1 heteroatoms. The Hall–Kier alpha value is -0.820. The van der Waals surface area contributed by atoms with Gasteiger partial charge in [0.15, 0.2) is 0 Å². The molecule has 0 aliphatic heterocycles. The van der Waals surface area contributed by atoms with E-state index in [2.05, 4.69) is 30.3 Å². The molecular formula is C19H32O. The standard InChI is InChI=1S/C19H32O/c1-20-18-14-9-7-5-3-2-4-6-8-11-15-19-16-12-10-13-17-19/h10,12-13,16-17H,2-9,11,14-15,18H2,1H3. The third-order valence-corrected chi connectivity index (χ3v) is 3.91. The monoisotopic (exact) mass is 276 g/mol. The first-order valence-electron chi connectivity index (χ1n) is 8.46. The van der Waals surface area contributed by atoms with E-state index >= 15 is 0 Å². The van der Waals surface area contributed by atoms with Crippen LogP contribution in [0.5, 0.6) is 0 Å². The predicted octanol–water partition coefficient (Wildman–Crippen LogP) is 5.78. The lowest BCUT2D eigenvalue weighted by Crippen LogP contribution is -1.88. The van der Waals surface area contributed by atoms with Gasteiger partial charge in [-0.3, -0.25) is 0 Å². The Kier molecular flexibility index (Phi) is 11.4. The van der Waals surface area contributed by atoms with Crippen LogP contribution in [0.1, 0.15) is 69.8 Å². The Bertz CT molecular complexity index is 294. The van der Waals surface area contributed by atoms with Crippen molar-refractivity contribution in [3.8, 4) is 0 Å². The fourth-order valence-corrected chi connectivity index (χ4v) is 2.63. The van der Waals surface area contributed by atoms with Gasteiger partial charge in [0.05, 0.1) is 0 Å². The van der Waals surface area contributed by atoms with Crippen molar-refractivity contribution in [1.82, 2.24) is 0 Å². The SMILES string of the molecule is COCCCCCCCCCCCCc1ccccc1. The highest BCUT2D eigenvalue weighted by atomic mass is 16.5. The third kappa shape index (κ3) is 10.0. The van der Waals surface area contributed by atoms with Crippen LogP contribution in [0, 0.1) is 0 Å². The summed E-state index contributed by atoms with van der Waals surface area (Å²) in [4.78, 5) is 0. The molecule has 1 aromatic carbocycles. The summed E-state index contributed by atoms with van der Waals surface area (Å²) < 4.78 is 5.06. The molecule has 0 aromatic heterocycles. The van der Waals surface area contributed by atoms with Gasteiger partial charge >= 0.3 is 0 Å². The minimum atomic E-state index is 0.932. The van der Waals surface area contributed by atoms with Crippen molar-refractivity contribution in [3.63, 3.8) is 0 Å². The van der Waals surface area contributed by atoms with E-state index < -0.39 is 0 Å². The first-order chi connectivity index (χ1) is 9.93. The molecule has 1 rings (SSSR count). The molecule has 0 fully saturated rings. The molecular weight excluding hydrogens is 244 g/mol. The van der Waals surface area contributed by atoms with Crippen LogP contribution in [0.3, 0.4) is 0 Å². The fourth-order valence-electron chi connectivity index (χ4n) is 2.63. The van der Waals surface area contributed by atoms with Crippen molar-refractivity contribution in [3.05, 3.63) is 35.9 Å². The van der Waals surface area contributed by atoms with E-state index in [1.54, 1.807) is 7.11 Å². The Morgan fingerprint density at radius 2 is 1.15 bits per heavy atom. The first-order valence-corrected chi connectivity index (χ1v) is 8.46. The average molecular weight is 276 g/mol. The van der Waals surface area contributed by atoms with Crippen LogP contribution in [0.25, 0.3) is 0 Å². The van der Waals surface area contributed by atoms with Gasteiger partial charge in [0.1, 0.15) is 0 Å². The number of methoxy groups -OCH3 is 1. The molecule has 0 atom stereocenters. The van der Waals surface area contributed by atoms with Crippen molar-refractivity contribution in [2.24, 2.45) is 0 Å². The summed E-state index contributed by atoms with van der Waals surface area (Å²) in [7, 11) is 1.79. The number of hydrogen-bond donors (Lipinski definition) is 0. The van der Waals surface area contributed by atoms with Gasteiger partial charge in [0.2, 0.25) is 0 Å². The summed E-state index contributed by atoms with van der Waals surface area (Å²) in [6, 6.07) is 10.9. The van der Waals surface area contributed by atoms with Crippen LogP contribution < -0.4 is 0 Å². The Labute approximate surface area is 125 Å². The lowest BCUT2D eigenvalue weighted by Gasteiger charge is -2.03. The quantitative estimate of drug-likeness (QED) is 0.415. The summed E-state index contributed by atoms with van der Waals surface area (Å²) >= 11 is 0. The summed E-state index contributed by atoms with van der Waals surface area (Å²) in [5, 5.41) is 0. The lowest BCUT2D eigenvalue weighted by atomic mass is 10.0. The van der Waals surface area contributed by atoms with Crippen molar-refractivity contribution in [1.29, 1.82) is 0 Å². The molecule has 1 nitrogen and oxygen atoms in total. The third-order valence-electron chi connectivity index (χ3n) is 3.91. The zero-order chi connectivity index (χ0) is 14.3. The highest BCUT2D eigenvalue weighted by molar-refractivity contribution is 5.14. The summed E-state index contributed by atoms with van der Waals surface area (Å²) in [6.07, 6.45) is 15.0. The van der Waals surface area contributed by atoms with Crippen LogP contribution in [-0.2, 0) is 11.2 Å². The minimum Gasteiger partial charge on any atom is -0.385 e. The minimum absolute atomic E-state index is 0.932. The van der Waals surface area contributed by atoms with Gasteiger partial charge in [-0.15, -0.1) is 0 Å². The molecule has 1 aromatic rings. The highest BCUT2D eigenvalue weighted by Gasteiger charge is 1.94. The van der Waals surface area contributed by atoms with Crippen molar-refractivity contribution in [2.75, 3.05) is 13.7 Å². The van der Waals surface area contributed by atoms with Crippen LogP contribution in [0.2, 0.25) is 0 Å². The molecule has 0 saturated carbocycles. The number of hydrogen-bond acceptors (Lipinski definition) is 1. The van der Waals surface area contributed by atoms with Gasteiger partial charge in [0.25, 0.3) is 0 Å². The van der Waals surface area contributed by atoms with Crippen molar-refractivity contribution >= 4 is 0 Å². The smallest absolute Gasteiger partial charge is 0.0462 e. The van der Waals surface area contributed by atoms with Gasteiger partial charge in [0, 0.05) is 13.7 Å². The van der Waals surface area contributed by atoms with Crippen LogP contribution >= 0.6 is 0 Å². The summed E-state index contributed by atoms with van der Waals surface area (Å²) in [5.41, 5.74) is 1.49. The Morgan fingerprint density at radius 3 is 1.70 bits per heavy atom. The molecule has 0 amide bonds. The van der Waals surface area contributed by atoms with E-state index in [1.807, 2.05) is 0 Å². The van der Waals surface area contributed by atoms with Crippen molar-refractivity contribution < 1.29 is 4.74 Å². The summed E-state index contributed by atoms with van der Waals surface area (Å²) in [6.45, 7) is 0.932. The molecule has 0 unspecified atom stereocenters. The van der Waals surface area contributed by atoms with E-state index in [1.165, 1.54) is 76.2 Å². The molecule has 0 aliphatic rings. The van der Waals surface area contributed by atoms with E-state index in [4.69, 9.17) is 4.74 Å². The molecule has 0 N–H and O–H groups in total. The van der Waals surface area contributed by atoms with Gasteiger partial charge in [-0.25, -0.2) is 0 Å². The molecule has 114 valence electrons. The zero-order valence-electron chi connectivity index (χ0n) is 13.3. The zero-order valence-corrected chi connectivity index (χ0v) is 13.3. The van der Waals surface area contributed by atoms with Crippen LogP contribution in [0.4, 0.5) is 0 Å². The predicted molar refractivity (Wildman–Crippen MR) is 88.2 cm³/mol. The molecule has 0 radical (unpaired) electrons. The Morgan fingerprint density at radius 1 is 0.650 bits per heavy atom. The number of unbranched alkanes of at least 4 members (excludes halogenated alkanes) is 9. The fraction of sp³-hybridized carbons (Fsp3) is 0.684. The van der Waals surface area contributed by atoms with Gasteiger partial charge in [-0.05, 0) is 24.8 Å². The van der Waals surface area contributed by atoms with Crippen LogP contribution in [-0.4, -0.2) is 13.7 Å². The van der Waals surface area contributed by atoms with E-state index in [0.717, 1.165) is 6.61 Å². The largest absolute Gasteiger partial charge is 0.385 e. The second kappa shape index (κ2) is 13.2. The van der Waals surface area contributed by atoms with E-state index in [9.17, 15) is 0 Å². The topological polar surface area (TPSA) is 9.23 Å². The molecule has 0 heterocycles. The maximum absolute atomic E-state index is 5.06. The van der Waals surface area contributed by atoms with E-state index in [0.29, 0.717) is 0 Å². The maximum atomic E-state index is 5.06.